The molecule has 0 saturated carbocycles. The number of ether oxygens (including phenoxy) is 1. The quantitative estimate of drug-likeness (QED) is 0.0362. The molecule has 12 aromatic rings. The molecule has 24 nitrogen and oxygen atoms in total. The van der Waals surface area contributed by atoms with Gasteiger partial charge in [-0.25, -0.2) is 34.1 Å². The van der Waals surface area contributed by atoms with Gasteiger partial charge in [0.15, 0.2) is 0 Å². The first-order valence-electron chi connectivity index (χ1n) is 37.2. The van der Waals surface area contributed by atoms with Gasteiger partial charge < -0.3 is 15.0 Å². The van der Waals surface area contributed by atoms with E-state index in [-0.39, 0.29) is 22.6 Å². The van der Waals surface area contributed by atoms with E-state index in [0.717, 1.165) is 126 Å². The van der Waals surface area contributed by atoms with Crippen LogP contribution in [0.15, 0.2) is 227 Å². The Kier molecular flexibility index (Phi) is 31.6. The minimum Gasteiger partial charge on any atom is -0.444 e. The highest BCUT2D eigenvalue weighted by atomic mass is 35.5. The van der Waals surface area contributed by atoms with E-state index in [0.29, 0.717) is 111 Å². The van der Waals surface area contributed by atoms with E-state index < -0.39 is 44.6 Å². The maximum absolute atomic E-state index is 12.6. The number of H-pyrrole nitrogens is 3. The number of benzene rings is 6. The molecular formula is C83H76Cl10N16O8S3. The Morgan fingerprint density at radius 3 is 1.06 bits per heavy atom. The van der Waals surface area contributed by atoms with Gasteiger partial charge in [-0.1, -0.05) is 194 Å². The molecule has 6 aromatic heterocycles. The van der Waals surface area contributed by atoms with E-state index in [1.165, 1.54) is 23.5 Å². The van der Waals surface area contributed by atoms with Gasteiger partial charge in [0.1, 0.15) is 39.3 Å². The third kappa shape index (κ3) is 23.5. The standard InChI is InChI=1S/C33H35Cl3N6O4S.C28H27Cl3N6O2S.C22H14Cl4N4O2S/c1-33(2,3)46-32(45)41-14-11-23(12-15-41)40(4)19-21-6-5-13-37-30(21)47-29(20-7-9-22(34)10-8-20)28-25(35)16-24(17-26(28)36)42-31(44)39-27(43)18-38-42;1-36(20-8-11-32-12-9-20)16-18-3-2-10-33-27(18)40-26(17-4-6-19(29)7-5-17)25-22(30)13-21(14-23(25)31)37-28(39)35-24(38)15-34-37;23-10-13-2-1-7-27-21(13)33-20(12-3-5-14(24)6-4-12)19-16(25)8-15(9-17(19)26)30-22(32)29-18(31)11-28-30/h5-10,13,16-18,23,29H,11-12,14-15,19H2,1-4H3,(H,39,43,44);2-7,10,13-15,20,26,32H,8-9,11-12,16H2,1H3,(H,35,38,39);1-9,11,20H,10H2,(H,29,31,32). The van der Waals surface area contributed by atoms with Crippen LogP contribution in [0.4, 0.5) is 4.79 Å². The molecule has 2 aliphatic rings. The smallest absolute Gasteiger partial charge is 0.410 e. The molecule has 3 unspecified atom stereocenters. The summed E-state index contributed by atoms with van der Waals surface area (Å²) in [5.74, 6) is 0.296. The van der Waals surface area contributed by atoms with Crippen LogP contribution < -0.4 is 39.1 Å². The number of thioether (sulfide) groups is 3. The Balaban J connectivity index is 0.000000168. The van der Waals surface area contributed by atoms with Crippen LogP contribution in [0.5, 0.6) is 0 Å². The van der Waals surface area contributed by atoms with Gasteiger partial charge in [0.25, 0.3) is 16.7 Å². The fourth-order valence-corrected chi connectivity index (χ4v) is 20.4. The van der Waals surface area contributed by atoms with Crippen LogP contribution in [0.25, 0.3) is 17.1 Å². The van der Waals surface area contributed by atoms with Crippen LogP contribution in [0.3, 0.4) is 0 Å². The molecular weight excluding hydrogens is 1800 g/mol. The summed E-state index contributed by atoms with van der Waals surface area (Å²) in [5.41, 5.74) is 4.19. The number of halogens is 10. The maximum atomic E-state index is 12.6. The van der Waals surface area contributed by atoms with E-state index in [4.69, 9.17) is 131 Å². The summed E-state index contributed by atoms with van der Waals surface area (Å²) in [6.07, 6.45) is 11.9. The molecule has 37 heteroatoms. The van der Waals surface area contributed by atoms with Gasteiger partial charge >= 0.3 is 23.2 Å². The molecule has 1 amide bonds. The van der Waals surface area contributed by atoms with Gasteiger partial charge in [-0.15, -0.1) is 11.6 Å². The summed E-state index contributed by atoms with van der Waals surface area (Å²) in [6.45, 7) is 10.3. The lowest BCUT2D eigenvalue weighted by Crippen LogP contribution is -2.46. The number of carbonyl (C=O) groups excluding carboxylic acids is 1. The zero-order valence-electron chi connectivity index (χ0n) is 64.6. The Labute approximate surface area is 751 Å². The topological polar surface area (TPSA) is 290 Å². The van der Waals surface area contributed by atoms with E-state index in [1.807, 2.05) is 93.6 Å². The van der Waals surface area contributed by atoms with Crippen LogP contribution in [-0.4, -0.2) is 138 Å². The number of aromatic amines is 3. The number of amides is 1. The lowest BCUT2D eigenvalue weighted by Gasteiger charge is -2.37. The molecule has 624 valence electrons. The Hall–Kier alpha value is -8.30. The predicted molar refractivity (Wildman–Crippen MR) is 481 cm³/mol. The summed E-state index contributed by atoms with van der Waals surface area (Å²) in [7, 11) is 4.25. The molecule has 0 bridgehead atoms. The van der Waals surface area contributed by atoms with Gasteiger partial charge in [-0.2, -0.15) is 29.3 Å². The molecule has 2 saturated heterocycles. The minimum atomic E-state index is -0.709. The van der Waals surface area contributed by atoms with Crippen LogP contribution in [-0.2, 0) is 23.7 Å². The Morgan fingerprint density at radius 1 is 0.458 bits per heavy atom. The highest BCUT2D eigenvalue weighted by Gasteiger charge is 2.33. The zero-order chi connectivity index (χ0) is 85.6. The number of likely N-dealkylation sites (tertiary alicyclic amines) is 1. The van der Waals surface area contributed by atoms with E-state index in [1.54, 1.807) is 95.9 Å². The normalized spacial score (nSPS) is 14.1. The van der Waals surface area contributed by atoms with Crippen molar-refractivity contribution < 1.29 is 9.53 Å². The molecule has 14 rings (SSSR count). The number of alkyl halides is 1. The zero-order valence-corrected chi connectivity index (χ0v) is 74.6. The van der Waals surface area contributed by atoms with Crippen LogP contribution in [0, 0.1) is 0 Å². The minimum absolute atomic E-state index is 0.273. The second-order valence-corrected chi connectivity index (χ2v) is 36.0. The average molecular weight is 1880 g/mol. The number of nitrogens with one attached hydrogen (secondary N) is 4. The molecule has 0 spiro atoms. The third-order valence-corrected chi connectivity index (χ3v) is 26.2. The third-order valence-electron chi connectivity index (χ3n) is 19.3. The fourth-order valence-electron chi connectivity index (χ4n) is 13.4. The number of aromatic nitrogens is 12. The molecule has 120 heavy (non-hydrogen) atoms. The van der Waals surface area contributed by atoms with Crippen molar-refractivity contribution in [2.24, 2.45) is 0 Å². The molecule has 4 N–H and O–H groups in total. The van der Waals surface area contributed by atoms with Crippen LogP contribution in [0.1, 0.15) is 112 Å². The summed E-state index contributed by atoms with van der Waals surface area (Å²) >= 11 is 70.1. The van der Waals surface area contributed by atoms with E-state index in [9.17, 15) is 33.6 Å². The lowest BCUT2D eigenvalue weighted by molar-refractivity contribution is 0.0152. The Morgan fingerprint density at radius 2 is 0.758 bits per heavy atom. The van der Waals surface area contributed by atoms with Gasteiger partial charge in [0.05, 0.1) is 38.7 Å². The van der Waals surface area contributed by atoms with Gasteiger partial charge in [-0.3, -0.25) is 39.1 Å². The van der Waals surface area contributed by atoms with Gasteiger partial charge in [-0.05, 0) is 198 Å². The monoisotopic (exact) mass is 1870 g/mol. The van der Waals surface area contributed by atoms with Gasteiger partial charge in [0.2, 0.25) is 0 Å². The number of piperidine rings is 2. The molecule has 2 aliphatic heterocycles. The van der Waals surface area contributed by atoms with Crippen molar-refractivity contribution in [1.82, 2.24) is 79.3 Å². The van der Waals surface area contributed by atoms with Crippen molar-refractivity contribution in [2.75, 3.05) is 40.3 Å². The van der Waals surface area contributed by atoms with Crippen molar-refractivity contribution in [3.63, 3.8) is 0 Å². The van der Waals surface area contributed by atoms with Crippen molar-refractivity contribution in [1.29, 1.82) is 0 Å². The maximum Gasteiger partial charge on any atom is 0.410 e. The van der Waals surface area contributed by atoms with Crippen LogP contribution >= 0.6 is 151 Å². The highest BCUT2D eigenvalue weighted by Crippen LogP contribution is 2.51. The summed E-state index contributed by atoms with van der Waals surface area (Å²) < 4.78 is 8.64. The first-order chi connectivity index (χ1) is 57.4. The molecule has 0 radical (unpaired) electrons. The fraction of sp³-hybridized carbons (Fsp3) is 0.265. The predicted octanol–water partition coefficient (Wildman–Crippen LogP) is 18.2. The molecule has 6 aromatic carbocycles. The highest BCUT2D eigenvalue weighted by molar-refractivity contribution is 8.00. The van der Waals surface area contributed by atoms with E-state index >= 15 is 0 Å². The van der Waals surface area contributed by atoms with Gasteiger partial charge in [0, 0.05) is 119 Å². The second kappa shape index (κ2) is 41.7. The first kappa shape index (κ1) is 90.9. The number of hydrogen-bond acceptors (Lipinski definition) is 20. The average Bonchev–Trinajstić information content (AvgIpc) is 0.786. The number of rotatable bonds is 22. The van der Waals surface area contributed by atoms with Crippen molar-refractivity contribution >= 4 is 157 Å². The summed E-state index contributed by atoms with van der Waals surface area (Å²) in [4.78, 5) is 111. The summed E-state index contributed by atoms with van der Waals surface area (Å²) in [5, 5.41) is 20.2. The largest absolute Gasteiger partial charge is 0.444 e. The van der Waals surface area contributed by atoms with Crippen LogP contribution in [0.2, 0.25) is 45.2 Å². The summed E-state index contributed by atoms with van der Waals surface area (Å²) in [6, 6.07) is 44.4. The van der Waals surface area contributed by atoms with Crippen molar-refractivity contribution in [2.45, 2.75) is 114 Å². The number of nitrogens with zero attached hydrogens (tertiary/aromatic N) is 12. The van der Waals surface area contributed by atoms with Crippen molar-refractivity contribution in [3.05, 3.63) is 341 Å². The number of carbonyl (C=O) groups is 1. The number of pyridine rings is 3. The molecule has 8 heterocycles. The molecule has 3 atom stereocenters. The lowest BCUT2D eigenvalue weighted by atomic mass is 10.0. The van der Waals surface area contributed by atoms with E-state index in [2.05, 4.69) is 76.6 Å². The SMILES string of the molecule is CN(Cc1cccnc1SC(c1ccc(Cl)cc1)c1c(Cl)cc(-n2ncc(=O)[nH]c2=O)cc1Cl)C1CCN(C(=O)OC(C)(C)C)CC1.CN(Cc1cccnc1SC(c1ccc(Cl)cc1)c1c(Cl)cc(-n2ncc(=O)[nH]c2=O)cc1Cl)C1CCNCC1.O=c1cnn(-c2cc(Cl)c(C(Sc3ncccc3CCl)c3ccc(Cl)cc3)c(Cl)c2)c(=O)[nH]1. The molecule has 2 fully saturated rings. The number of hydrogen-bond donors (Lipinski definition) is 4. The Bertz CT molecular complexity index is 5960. The van der Waals surface area contributed by atoms with Crippen molar-refractivity contribution in [3.8, 4) is 17.1 Å². The first-order valence-corrected chi connectivity index (χ1v) is 43.8. The molecule has 0 aliphatic carbocycles. The second-order valence-electron chi connectivity index (χ2n) is 28.7.